The lowest BCUT2D eigenvalue weighted by Crippen LogP contribution is -2.54. The molecule has 1 aliphatic heterocycles. The molecule has 12 heteroatoms. The van der Waals surface area contributed by atoms with E-state index in [0.717, 1.165) is 0 Å². The number of hydrogen-bond donors (Lipinski definition) is 2. The van der Waals surface area contributed by atoms with Crippen LogP contribution in [0.1, 0.15) is 19.8 Å². The lowest BCUT2D eigenvalue weighted by molar-refractivity contribution is -0.134. The highest BCUT2D eigenvalue weighted by atomic mass is 32.2. The van der Waals surface area contributed by atoms with Crippen molar-refractivity contribution in [3.05, 3.63) is 48.5 Å². The number of ether oxygens (including phenoxy) is 3. The highest BCUT2D eigenvalue weighted by Crippen LogP contribution is 2.35. The van der Waals surface area contributed by atoms with E-state index >= 15 is 0 Å². The molecule has 3 rings (SSSR count). The van der Waals surface area contributed by atoms with Crippen LogP contribution >= 0.6 is 0 Å². The number of rotatable bonds is 10. The molecular formula is C23H29NO9S2. The minimum Gasteiger partial charge on any atom is -0.497 e. The molecule has 0 radical (unpaired) electrons. The van der Waals surface area contributed by atoms with Gasteiger partial charge in [0.15, 0.2) is 24.4 Å². The molecule has 0 bridgehead atoms. The number of hydrogen-bond acceptors (Lipinski definition) is 9. The molecule has 1 heterocycles. The molecule has 1 atom stereocenters. The molecule has 2 aromatic rings. The molecular weight excluding hydrogens is 498 g/mol. The van der Waals surface area contributed by atoms with Crippen molar-refractivity contribution in [2.45, 2.75) is 34.3 Å². The van der Waals surface area contributed by atoms with E-state index < -0.39 is 30.3 Å². The quantitative estimate of drug-likeness (QED) is 0.350. The van der Waals surface area contributed by atoms with Gasteiger partial charge in [0.05, 0.1) is 29.3 Å². The van der Waals surface area contributed by atoms with E-state index in [9.17, 15) is 21.6 Å². The van der Waals surface area contributed by atoms with Crippen LogP contribution in [0.25, 0.3) is 0 Å². The number of carbonyl (C=O) groups is 1. The smallest absolute Gasteiger partial charge is 0.265 e. The van der Waals surface area contributed by atoms with Crippen molar-refractivity contribution in [3.8, 4) is 11.5 Å². The third-order valence-electron chi connectivity index (χ3n) is 5.92. The maximum absolute atomic E-state index is 13.3. The first-order chi connectivity index (χ1) is 16.6. The van der Waals surface area contributed by atoms with Crippen molar-refractivity contribution in [2.24, 2.45) is 5.92 Å². The third-order valence-corrected chi connectivity index (χ3v) is 10.4. The van der Waals surface area contributed by atoms with Gasteiger partial charge in [-0.25, -0.2) is 22.3 Å². The first-order valence-corrected chi connectivity index (χ1v) is 14.1. The Kier molecular flexibility index (Phi) is 8.42. The zero-order chi connectivity index (χ0) is 25.7. The predicted molar refractivity (Wildman–Crippen MR) is 126 cm³/mol. The fraction of sp³-hybridized carbons (Fsp3) is 0.435. The Morgan fingerprint density at radius 2 is 1.54 bits per heavy atom. The van der Waals surface area contributed by atoms with Crippen molar-refractivity contribution >= 4 is 25.6 Å². The molecule has 1 saturated heterocycles. The lowest BCUT2D eigenvalue weighted by atomic mass is 9.98. The summed E-state index contributed by atoms with van der Waals surface area (Å²) in [4.78, 5) is 12.4. The van der Waals surface area contributed by atoms with Crippen LogP contribution in [0.5, 0.6) is 11.5 Å². The third kappa shape index (κ3) is 5.77. The second-order valence-electron chi connectivity index (χ2n) is 8.40. The number of nitrogens with one attached hydrogen (secondary N) is 1. The van der Waals surface area contributed by atoms with E-state index in [1.54, 1.807) is 19.1 Å². The van der Waals surface area contributed by atoms with E-state index in [-0.39, 0.29) is 54.1 Å². The van der Waals surface area contributed by atoms with Gasteiger partial charge in [-0.05, 0) is 61.4 Å². The number of amides is 1. The van der Waals surface area contributed by atoms with E-state index in [1.807, 2.05) is 0 Å². The summed E-state index contributed by atoms with van der Waals surface area (Å²) in [5, 5.41) is 9.13. The highest BCUT2D eigenvalue weighted by molar-refractivity contribution is 7.93. The maximum atomic E-state index is 13.3. The van der Waals surface area contributed by atoms with Gasteiger partial charge in [-0.2, -0.15) is 0 Å². The Morgan fingerprint density at radius 3 is 2.09 bits per heavy atom. The van der Waals surface area contributed by atoms with Gasteiger partial charge < -0.3 is 14.2 Å². The number of benzene rings is 2. The van der Waals surface area contributed by atoms with Crippen molar-refractivity contribution in [1.82, 2.24) is 5.48 Å². The molecule has 1 aliphatic rings. The van der Waals surface area contributed by atoms with Crippen molar-refractivity contribution in [1.29, 1.82) is 0 Å². The van der Waals surface area contributed by atoms with Crippen LogP contribution < -0.4 is 15.0 Å². The Balaban J connectivity index is 1.66. The van der Waals surface area contributed by atoms with E-state index in [1.165, 1.54) is 49.0 Å². The van der Waals surface area contributed by atoms with Gasteiger partial charge in [0.1, 0.15) is 11.5 Å². The monoisotopic (exact) mass is 527 g/mol. The topological polar surface area (TPSA) is 145 Å². The largest absolute Gasteiger partial charge is 0.497 e. The minimum absolute atomic E-state index is 0.0746. The number of sulfone groups is 2. The van der Waals surface area contributed by atoms with Crippen molar-refractivity contribution < 1.29 is 41.0 Å². The summed E-state index contributed by atoms with van der Waals surface area (Å²) in [5.41, 5.74) is 1.48. The van der Waals surface area contributed by atoms with Crippen LogP contribution in [0.2, 0.25) is 0 Å². The average Bonchev–Trinajstić information content (AvgIpc) is 2.87. The number of hydroxylamine groups is 1. The summed E-state index contributed by atoms with van der Waals surface area (Å²) in [7, 11) is -6.17. The molecule has 192 valence electrons. The molecule has 1 amide bonds. The average molecular weight is 528 g/mol. The molecule has 0 aromatic heterocycles. The normalized spacial score (nSPS) is 16.8. The van der Waals surface area contributed by atoms with Crippen molar-refractivity contribution in [3.63, 3.8) is 0 Å². The Morgan fingerprint density at radius 1 is 1.00 bits per heavy atom. The van der Waals surface area contributed by atoms with Gasteiger partial charge >= 0.3 is 0 Å². The van der Waals surface area contributed by atoms with Crippen LogP contribution in [0.4, 0.5) is 0 Å². The summed E-state index contributed by atoms with van der Waals surface area (Å²) >= 11 is 0. The summed E-state index contributed by atoms with van der Waals surface area (Å²) in [6.07, 6.45) is -0.166. The SMILES string of the molecule is COc1ccc(S(=O)(=O)CC(C)COc2ccc(S(=O)(=O)C3(C(=O)NO)CCOCC3)cc2)cc1. The molecule has 35 heavy (non-hydrogen) atoms. The summed E-state index contributed by atoms with van der Waals surface area (Å²) < 4.78 is 65.9. The molecule has 0 saturated carbocycles. The molecule has 1 unspecified atom stereocenters. The van der Waals surface area contributed by atoms with E-state index in [4.69, 9.17) is 19.4 Å². The fourth-order valence-electron chi connectivity index (χ4n) is 3.90. The Bertz CT molecular complexity index is 1220. The first-order valence-electron chi connectivity index (χ1n) is 10.9. The molecule has 0 spiro atoms. The Hall–Kier alpha value is -2.67. The molecule has 0 aliphatic carbocycles. The van der Waals surface area contributed by atoms with Crippen LogP contribution in [-0.4, -0.2) is 65.4 Å². The van der Waals surface area contributed by atoms with Crippen LogP contribution in [0.3, 0.4) is 0 Å². The first kappa shape index (κ1) is 26.9. The van der Waals surface area contributed by atoms with Gasteiger partial charge in [-0.3, -0.25) is 10.0 Å². The van der Waals surface area contributed by atoms with Crippen molar-refractivity contribution in [2.75, 3.05) is 32.7 Å². The standard InChI is InChI=1S/C23H29NO9S2/c1-17(16-34(27,28)20-7-3-18(31-2)4-8-20)15-33-19-5-9-21(10-6-19)35(29,30)23(22(25)24-26)11-13-32-14-12-23/h3-10,17,26H,11-16H2,1-2H3,(H,24,25). The summed E-state index contributed by atoms with van der Waals surface area (Å²) in [6, 6.07) is 11.7. The zero-order valence-corrected chi connectivity index (χ0v) is 21.1. The second kappa shape index (κ2) is 10.9. The Labute approximate surface area is 205 Å². The number of carbonyl (C=O) groups excluding carboxylic acids is 1. The van der Waals surface area contributed by atoms with Gasteiger partial charge in [0.2, 0.25) is 0 Å². The zero-order valence-electron chi connectivity index (χ0n) is 19.5. The van der Waals surface area contributed by atoms with Gasteiger partial charge in [-0.1, -0.05) is 6.92 Å². The molecule has 2 aromatic carbocycles. The second-order valence-corrected chi connectivity index (χ2v) is 12.7. The molecule has 1 fully saturated rings. The summed E-state index contributed by atoms with van der Waals surface area (Å²) in [6.45, 7) is 1.98. The van der Waals surface area contributed by atoms with Gasteiger partial charge in [0, 0.05) is 19.1 Å². The highest BCUT2D eigenvalue weighted by Gasteiger charge is 2.52. The van der Waals surface area contributed by atoms with Crippen LogP contribution in [-0.2, 0) is 29.2 Å². The number of methoxy groups -OCH3 is 1. The maximum Gasteiger partial charge on any atom is 0.265 e. The minimum atomic E-state index is -4.14. The predicted octanol–water partition coefficient (Wildman–Crippen LogP) is 2.01. The lowest BCUT2D eigenvalue weighted by Gasteiger charge is -2.34. The van der Waals surface area contributed by atoms with Gasteiger partial charge in [0.25, 0.3) is 5.91 Å². The van der Waals surface area contributed by atoms with Crippen LogP contribution in [0.15, 0.2) is 58.3 Å². The summed E-state index contributed by atoms with van der Waals surface area (Å²) in [5.74, 6) is -0.555. The van der Waals surface area contributed by atoms with Crippen LogP contribution in [0, 0.1) is 5.92 Å². The van der Waals surface area contributed by atoms with E-state index in [0.29, 0.717) is 11.5 Å². The molecule has 2 N–H and O–H groups in total. The van der Waals surface area contributed by atoms with Gasteiger partial charge in [-0.15, -0.1) is 0 Å². The fourth-order valence-corrected chi connectivity index (χ4v) is 7.43. The molecule has 10 nitrogen and oxygen atoms in total. The van der Waals surface area contributed by atoms with E-state index in [2.05, 4.69) is 0 Å².